The van der Waals surface area contributed by atoms with Crippen LogP contribution in [0.4, 0.5) is 4.79 Å². The van der Waals surface area contributed by atoms with Crippen LogP contribution < -0.4 is 10.6 Å². The monoisotopic (exact) mass is 294 g/mol. The van der Waals surface area contributed by atoms with Crippen LogP contribution in [0.3, 0.4) is 0 Å². The molecule has 2 N–H and O–H groups in total. The first kappa shape index (κ1) is 11.5. The highest BCUT2D eigenvalue weighted by Crippen LogP contribution is 2.15. The average molecular weight is 295 g/mol. The largest absolute Gasteiger partial charge is 0.328 e. The predicted molar refractivity (Wildman–Crippen MR) is 63.8 cm³/mol. The summed E-state index contributed by atoms with van der Waals surface area (Å²) in [5.41, 5.74) is 0.594. The lowest BCUT2D eigenvalue weighted by molar-refractivity contribution is -0.123. The van der Waals surface area contributed by atoms with Crippen LogP contribution in [0.2, 0.25) is 0 Å². The van der Waals surface area contributed by atoms with Crippen molar-refractivity contribution in [2.45, 2.75) is 0 Å². The Hall–Kier alpha value is -1.95. The molecule has 0 atom stereocenters. The number of urea groups is 1. The van der Waals surface area contributed by atoms with Crippen LogP contribution in [-0.4, -0.2) is 17.8 Å². The second-order valence-corrected chi connectivity index (χ2v) is 4.27. The SMILES string of the molecule is O=C1NC(=O)C(=Cc2cccc(Br)c2)C(=O)N1. The molecule has 0 radical (unpaired) electrons. The first-order valence-electron chi connectivity index (χ1n) is 4.70. The van der Waals surface area contributed by atoms with E-state index >= 15 is 0 Å². The van der Waals surface area contributed by atoms with Gasteiger partial charge in [0.25, 0.3) is 11.8 Å². The summed E-state index contributed by atoms with van der Waals surface area (Å²) in [6.07, 6.45) is 1.42. The van der Waals surface area contributed by atoms with Gasteiger partial charge in [0.05, 0.1) is 0 Å². The molecule has 5 nitrogen and oxygen atoms in total. The minimum atomic E-state index is -0.800. The molecule has 1 aromatic carbocycles. The highest BCUT2D eigenvalue weighted by atomic mass is 79.9. The molecule has 86 valence electrons. The summed E-state index contributed by atoms with van der Waals surface area (Å²) in [5.74, 6) is -1.39. The number of carbonyl (C=O) groups excluding carboxylic acids is 3. The second kappa shape index (κ2) is 4.50. The molecule has 0 saturated carbocycles. The molecule has 2 rings (SSSR count). The fourth-order valence-electron chi connectivity index (χ4n) is 1.37. The number of halogens is 1. The van der Waals surface area contributed by atoms with Gasteiger partial charge in [-0.3, -0.25) is 20.2 Å². The predicted octanol–water partition coefficient (Wildman–Crippen LogP) is 1.20. The third kappa shape index (κ3) is 2.59. The highest BCUT2D eigenvalue weighted by molar-refractivity contribution is 9.10. The number of benzene rings is 1. The lowest BCUT2D eigenvalue weighted by Crippen LogP contribution is -2.51. The summed E-state index contributed by atoms with van der Waals surface area (Å²) >= 11 is 3.28. The molecule has 0 spiro atoms. The van der Waals surface area contributed by atoms with Crippen molar-refractivity contribution in [2.75, 3.05) is 0 Å². The van der Waals surface area contributed by atoms with Gasteiger partial charge in [0.1, 0.15) is 5.57 Å². The summed E-state index contributed by atoms with van der Waals surface area (Å²) in [6, 6.07) is 6.30. The normalized spacial score (nSPS) is 15.4. The summed E-state index contributed by atoms with van der Waals surface area (Å²) in [6.45, 7) is 0. The van der Waals surface area contributed by atoms with Crippen molar-refractivity contribution in [3.63, 3.8) is 0 Å². The van der Waals surface area contributed by atoms with Crippen LogP contribution >= 0.6 is 15.9 Å². The molecule has 17 heavy (non-hydrogen) atoms. The Morgan fingerprint density at radius 1 is 1.06 bits per heavy atom. The molecule has 1 saturated heterocycles. The zero-order valence-corrected chi connectivity index (χ0v) is 10.1. The van der Waals surface area contributed by atoms with Gasteiger partial charge in [0.2, 0.25) is 0 Å². The van der Waals surface area contributed by atoms with Gasteiger partial charge >= 0.3 is 6.03 Å². The summed E-state index contributed by atoms with van der Waals surface area (Å²) in [7, 11) is 0. The number of amides is 4. The molecular weight excluding hydrogens is 288 g/mol. The molecule has 1 aromatic rings. The van der Waals surface area contributed by atoms with E-state index in [1.165, 1.54) is 6.08 Å². The maximum Gasteiger partial charge on any atom is 0.328 e. The van der Waals surface area contributed by atoms with Gasteiger partial charge in [-0.2, -0.15) is 0 Å². The van der Waals surface area contributed by atoms with Crippen molar-refractivity contribution in [3.05, 3.63) is 39.9 Å². The quantitative estimate of drug-likeness (QED) is 0.604. The highest BCUT2D eigenvalue weighted by Gasteiger charge is 2.27. The van der Waals surface area contributed by atoms with Gasteiger partial charge in [-0.05, 0) is 23.8 Å². The van der Waals surface area contributed by atoms with Crippen molar-refractivity contribution in [1.82, 2.24) is 10.6 Å². The van der Waals surface area contributed by atoms with Gasteiger partial charge in [0.15, 0.2) is 0 Å². The average Bonchev–Trinajstić information content (AvgIpc) is 2.23. The molecular formula is C11H7BrN2O3. The van der Waals surface area contributed by atoms with Crippen molar-refractivity contribution in [2.24, 2.45) is 0 Å². The van der Waals surface area contributed by atoms with Gasteiger partial charge in [-0.1, -0.05) is 28.1 Å². The number of nitrogens with one attached hydrogen (secondary N) is 2. The number of barbiturate groups is 1. The van der Waals surface area contributed by atoms with Gasteiger partial charge < -0.3 is 0 Å². The van der Waals surface area contributed by atoms with E-state index in [4.69, 9.17) is 0 Å². The summed E-state index contributed by atoms with van der Waals surface area (Å²) < 4.78 is 0.833. The van der Waals surface area contributed by atoms with E-state index < -0.39 is 17.8 Å². The maximum atomic E-state index is 11.4. The van der Waals surface area contributed by atoms with Crippen molar-refractivity contribution >= 4 is 39.9 Å². The Morgan fingerprint density at radius 3 is 2.29 bits per heavy atom. The standard InChI is InChI=1S/C11H7BrN2O3/c12-7-3-1-2-6(4-7)5-8-9(15)13-11(17)14-10(8)16/h1-5H,(H2,13,14,15,16,17). The summed E-state index contributed by atoms with van der Waals surface area (Å²) in [4.78, 5) is 33.7. The third-order valence-corrected chi connectivity index (χ3v) is 2.60. The van der Waals surface area contributed by atoms with Gasteiger partial charge in [0, 0.05) is 4.47 Å². The maximum absolute atomic E-state index is 11.4. The Labute approximate surface area is 105 Å². The van der Waals surface area contributed by atoms with E-state index in [0.717, 1.165) is 4.47 Å². The van der Waals surface area contributed by atoms with Crippen LogP contribution in [-0.2, 0) is 9.59 Å². The van der Waals surface area contributed by atoms with Crippen LogP contribution in [0, 0.1) is 0 Å². The van der Waals surface area contributed by atoms with E-state index in [2.05, 4.69) is 15.9 Å². The number of rotatable bonds is 1. The molecule has 0 aliphatic carbocycles. The number of imide groups is 2. The van der Waals surface area contributed by atoms with E-state index in [0.29, 0.717) is 5.56 Å². The number of hydrogen-bond acceptors (Lipinski definition) is 3. The number of hydrogen-bond donors (Lipinski definition) is 2. The van der Waals surface area contributed by atoms with Crippen LogP contribution in [0.5, 0.6) is 0 Å². The lowest BCUT2D eigenvalue weighted by atomic mass is 10.1. The Balaban J connectivity index is 2.36. The van der Waals surface area contributed by atoms with E-state index in [-0.39, 0.29) is 5.57 Å². The van der Waals surface area contributed by atoms with Gasteiger partial charge in [-0.25, -0.2) is 4.79 Å². The smallest absolute Gasteiger partial charge is 0.273 e. The first-order valence-corrected chi connectivity index (χ1v) is 5.49. The fraction of sp³-hybridized carbons (Fsp3) is 0. The molecule has 0 bridgehead atoms. The molecule has 1 heterocycles. The van der Waals surface area contributed by atoms with E-state index in [1.54, 1.807) is 18.2 Å². The van der Waals surface area contributed by atoms with E-state index in [9.17, 15) is 14.4 Å². The van der Waals surface area contributed by atoms with Crippen LogP contribution in [0.1, 0.15) is 5.56 Å². The Kier molecular flexibility index (Phi) is 3.06. The summed E-state index contributed by atoms with van der Waals surface area (Å²) in [5, 5.41) is 4.01. The molecule has 0 aromatic heterocycles. The zero-order valence-electron chi connectivity index (χ0n) is 8.49. The van der Waals surface area contributed by atoms with Crippen molar-refractivity contribution in [3.8, 4) is 0 Å². The third-order valence-electron chi connectivity index (χ3n) is 2.10. The van der Waals surface area contributed by atoms with E-state index in [1.807, 2.05) is 16.7 Å². The molecule has 4 amide bonds. The molecule has 1 fully saturated rings. The number of carbonyl (C=O) groups is 3. The van der Waals surface area contributed by atoms with Crippen molar-refractivity contribution in [1.29, 1.82) is 0 Å². The first-order chi connectivity index (χ1) is 8.06. The topological polar surface area (TPSA) is 75.3 Å². The van der Waals surface area contributed by atoms with Crippen LogP contribution in [0.15, 0.2) is 34.3 Å². The molecule has 1 aliphatic rings. The minimum Gasteiger partial charge on any atom is -0.273 e. The Morgan fingerprint density at radius 2 is 1.71 bits per heavy atom. The minimum absolute atomic E-state index is 0.0947. The lowest BCUT2D eigenvalue weighted by Gasteiger charge is -2.13. The molecule has 0 unspecified atom stereocenters. The molecule has 1 aliphatic heterocycles. The van der Waals surface area contributed by atoms with Crippen molar-refractivity contribution < 1.29 is 14.4 Å². The van der Waals surface area contributed by atoms with Gasteiger partial charge in [-0.15, -0.1) is 0 Å². The fourth-order valence-corrected chi connectivity index (χ4v) is 1.79. The second-order valence-electron chi connectivity index (χ2n) is 3.35. The zero-order chi connectivity index (χ0) is 12.4. The molecule has 6 heteroatoms. The van der Waals surface area contributed by atoms with Crippen LogP contribution in [0.25, 0.3) is 6.08 Å². The Bertz CT molecular complexity index is 529.